The number of rotatable bonds is 6. The maximum Gasteiger partial charge on any atom is 0.291 e. The second-order valence-electron chi connectivity index (χ2n) is 7.08. The van der Waals surface area contributed by atoms with E-state index in [0.717, 1.165) is 26.5 Å². The molecule has 3 aromatic carbocycles. The van der Waals surface area contributed by atoms with Gasteiger partial charge in [0.05, 0.1) is 12.5 Å². The molecule has 154 valence electrons. The van der Waals surface area contributed by atoms with E-state index in [1.54, 1.807) is 0 Å². The van der Waals surface area contributed by atoms with E-state index in [1.807, 2.05) is 73.7 Å². The van der Waals surface area contributed by atoms with Crippen LogP contribution in [-0.2, 0) is 13.0 Å². The van der Waals surface area contributed by atoms with Gasteiger partial charge in [-0.05, 0) is 48.9 Å². The van der Waals surface area contributed by atoms with Gasteiger partial charge < -0.3 is 14.5 Å². The number of ether oxygens (including phenoxy) is 1. The van der Waals surface area contributed by atoms with Gasteiger partial charge in [-0.2, -0.15) is 5.26 Å². The highest BCUT2D eigenvalue weighted by atomic mass is 79.9. The van der Waals surface area contributed by atoms with Crippen molar-refractivity contribution >= 4 is 38.5 Å². The fourth-order valence-corrected chi connectivity index (χ4v) is 3.67. The minimum absolute atomic E-state index is 0.289. The topological polar surface area (TPSA) is 75.3 Å². The Morgan fingerprint density at radius 3 is 2.68 bits per heavy atom. The van der Waals surface area contributed by atoms with Crippen molar-refractivity contribution in [1.82, 2.24) is 0 Å². The van der Waals surface area contributed by atoms with Crippen molar-refractivity contribution in [3.63, 3.8) is 0 Å². The van der Waals surface area contributed by atoms with E-state index in [2.05, 4.69) is 27.3 Å². The zero-order valence-electron chi connectivity index (χ0n) is 16.8. The number of aryl methyl sites for hydroxylation is 1. The van der Waals surface area contributed by atoms with Crippen LogP contribution in [0, 0.1) is 18.3 Å². The highest BCUT2D eigenvalue weighted by Gasteiger charge is 2.19. The molecule has 1 amide bonds. The third-order valence-electron chi connectivity index (χ3n) is 4.97. The number of nitrogens with zero attached hydrogens (tertiary/aromatic N) is 1. The number of furan rings is 1. The highest BCUT2D eigenvalue weighted by Crippen LogP contribution is 2.29. The fraction of sp³-hybridized carbons (Fsp3) is 0.120. The maximum atomic E-state index is 12.9. The van der Waals surface area contributed by atoms with Gasteiger partial charge in [0, 0.05) is 26.7 Å². The number of halogens is 1. The van der Waals surface area contributed by atoms with Gasteiger partial charge in [0.15, 0.2) is 5.76 Å². The first-order chi connectivity index (χ1) is 15.0. The lowest BCUT2D eigenvalue weighted by molar-refractivity contribution is 0.0997. The molecule has 0 bridgehead atoms. The molecular formula is C25H19BrN2O3. The van der Waals surface area contributed by atoms with Crippen molar-refractivity contribution in [3.8, 4) is 11.8 Å². The van der Waals surface area contributed by atoms with E-state index in [9.17, 15) is 4.79 Å². The van der Waals surface area contributed by atoms with Crippen molar-refractivity contribution < 1.29 is 13.9 Å². The number of carbonyl (C=O) groups is 1. The number of para-hydroxylation sites is 1. The normalized spacial score (nSPS) is 10.6. The number of carbonyl (C=O) groups excluding carboxylic acids is 1. The number of anilines is 1. The largest absolute Gasteiger partial charge is 0.489 e. The summed E-state index contributed by atoms with van der Waals surface area (Å²) in [6.07, 6.45) is 0.368. The quantitative estimate of drug-likeness (QED) is 0.350. The molecule has 0 spiro atoms. The SMILES string of the molecule is Cc1c(C(=O)Nc2ccccc2COc2ccc(CC#N)cc2)oc2ccc(Br)cc12. The highest BCUT2D eigenvalue weighted by molar-refractivity contribution is 9.10. The van der Waals surface area contributed by atoms with Gasteiger partial charge in [-0.25, -0.2) is 0 Å². The average Bonchev–Trinajstić information content (AvgIpc) is 3.10. The Morgan fingerprint density at radius 2 is 1.90 bits per heavy atom. The molecule has 1 aromatic heterocycles. The zero-order chi connectivity index (χ0) is 21.8. The standard InChI is InChI=1S/C25H19BrN2O3/c1-16-21-14-19(26)8-11-23(21)31-24(16)25(29)28-22-5-3-2-4-18(22)15-30-20-9-6-17(7-10-20)12-13-27/h2-11,14H,12,15H2,1H3,(H,28,29). The third kappa shape index (κ3) is 4.62. The molecule has 31 heavy (non-hydrogen) atoms. The predicted molar refractivity (Wildman–Crippen MR) is 123 cm³/mol. The number of amides is 1. The van der Waals surface area contributed by atoms with Crippen LogP contribution in [0.3, 0.4) is 0 Å². The smallest absolute Gasteiger partial charge is 0.291 e. The lowest BCUT2D eigenvalue weighted by Crippen LogP contribution is -2.14. The summed E-state index contributed by atoms with van der Waals surface area (Å²) in [5, 5.41) is 12.6. The maximum absolute atomic E-state index is 12.9. The molecule has 0 fully saturated rings. The Kier molecular flexibility index (Phi) is 6.06. The van der Waals surface area contributed by atoms with E-state index >= 15 is 0 Å². The summed E-state index contributed by atoms with van der Waals surface area (Å²) in [5.74, 6) is 0.677. The summed E-state index contributed by atoms with van der Waals surface area (Å²) in [4.78, 5) is 12.9. The average molecular weight is 475 g/mol. The monoisotopic (exact) mass is 474 g/mol. The van der Waals surface area contributed by atoms with Gasteiger partial charge in [0.2, 0.25) is 0 Å². The van der Waals surface area contributed by atoms with E-state index in [-0.39, 0.29) is 11.7 Å². The third-order valence-corrected chi connectivity index (χ3v) is 5.46. The molecule has 0 radical (unpaired) electrons. The predicted octanol–water partition coefficient (Wildman–Crippen LogP) is 6.40. The first kappa shape index (κ1) is 20.7. The van der Waals surface area contributed by atoms with E-state index < -0.39 is 0 Å². The van der Waals surface area contributed by atoms with Crippen molar-refractivity contribution in [1.29, 1.82) is 5.26 Å². The van der Waals surface area contributed by atoms with Crippen LogP contribution >= 0.6 is 15.9 Å². The Hall–Kier alpha value is -3.56. The van der Waals surface area contributed by atoms with E-state index in [0.29, 0.717) is 30.0 Å². The van der Waals surface area contributed by atoms with Crippen LogP contribution in [-0.4, -0.2) is 5.91 Å². The van der Waals surface area contributed by atoms with E-state index in [4.69, 9.17) is 14.4 Å². The molecule has 0 aliphatic carbocycles. The molecule has 0 aliphatic rings. The number of nitrogens with one attached hydrogen (secondary N) is 1. The van der Waals surface area contributed by atoms with Crippen LogP contribution < -0.4 is 10.1 Å². The Bertz CT molecular complexity index is 1290. The summed E-state index contributed by atoms with van der Waals surface area (Å²) in [5.41, 5.74) is 3.90. The summed E-state index contributed by atoms with van der Waals surface area (Å²) in [6, 6.07) is 22.7. The first-order valence-corrected chi connectivity index (χ1v) is 10.5. The van der Waals surface area contributed by atoms with Gasteiger partial charge in [-0.15, -0.1) is 0 Å². The summed E-state index contributed by atoms with van der Waals surface area (Å²) in [6.45, 7) is 2.16. The van der Waals surface area contributed by atoms with Crippen molar-refractivity contribution in [3.05, 3.63) is 93.7 Å². The van der Waals surface area contributed by atoms with Crippen molar-refractivity contribution in [2.24, 2.45) is 0 Å². The van der Waals surface area contributed by atoms with Gasteiger partial charge >= 0.3 is 0 Å². The van der Waals surface area contributed by atoms with Gasteiger partial charge in [-0.1, -0.05) is 46.3 Å². The Balaban J connectivity index is 1.50. The van der Waals surface area contributed by atoms with Crippen LogP contribution in [0.2, 0.25) is 0 Å². The lowest BCUT2D eigenvalue weighted by atomic mass is 10.1. The molecule has 4 aromatic rings. The summed E-state index contributed by atoms with van der Waals surface area (Å²) < 4.78 is 12.6. The van der Waals surface area contributed by atoms with Crippen LogP contribution in [0.4, 0.5) is 5.69 Å². The number of hydrogen-bond acceptors (Lipinski definition) is 4. The van der Waals surface area contributed by atoms with Crippen LogP contribution in [0.5, 0.6) is 5.75 Å². The fourth-order valence-electron chi connectivity index (χ4n) is 3.31. The molecule has 0 saturated heterocycles. The van der Waals surface area contributed by atoms with Crippen LogP contribution in [0.1, 0.15) is 27.2 Å². The summed E-state index contributed by atoms with van der Waals surface area (Å²) >= 11 is 3.45. The number of hydrogen-bond donors (Lipinski definition) is 1. The minimum Gasteiger partial charge on any atom is -0.489 e. The minimum atomic E-state index is -0.307. The molecule has 5 nitrogen and oxygen atoms in total. The van der Waals surface area contributed by atoms with Gasteiger partial charge in [0.25, 0.3) is 5.91 Å². The Morgan fingerprint density at radius 1 is 1.13 bits per heavy atom. The molecular weight excluding hydrogens is 456 g/mol. The molecule has 4 rings (SSSR count). The molecule has 1 N–H and O–H groups in total. The molecule has 0 unspecified atom stereocenters. The Labute approximate surface area is 188 Å². The van der Waals surface area contributed by atoms with Crippen molar-refractivity contribution in [2.75, 3.05) is 5.32 Å². The molecule has 0 atom stereocenters. The van der Waals surface area contributed by atoms with Crippen molar-refractivity contribution in [2.45, 2.75) is 20.0 Å². The van der Waals surface area contributed by atoms with E-state index in [1.165, 1.54) is 0 Å². The molecule has 1 heterocycles. The molecule has 0 saturated carbocycles. The van der Waals surface area contributed by atoms with Gasteiger partial charge in [0.1, 0.15) is 17.9 Å². The zero-order valence-corrected chi connectivity index (χ0v) is 18.4. The summed E-state index contributed by atoms with van der Waals surface area (Å²) in [7, 11) is 0. The lowest BCUT2D eigenvalue weighted by Gasteiger charge is -2.12. The number of nitriles is 1. The first-order valence-electron chi connectivity index (χ1n) is 9.72. The second kappa shape index (κ2) is 9.07. The van der Waals surface area contributed by atoms with Gasteiger partial charge in [-0.3, -0.25) is 4.79 Å². The molecule has 0 aliphatic heterocycles. The second-order valence-corrected chi connectivity index (χ2v) is 7.99. The number of benzene rings is 3. The van der Waals surface area contributed by atoms with Crippen LogP contribution in [0.25, 0.3) is 11.0 Å². The molecule has 6 heteroatoms. The number of fused-ring (bicyclic) bond motifs is 1. The van der Waals surface area contributed by atoms with Crippen LogP contribution in [0.15, 0.2) is 75.6 Å².